The molecule has 4 nitrogen and oxygen atoms in total. The summed E-state index contributed by atoms with van der Waals surface area (Å²) < 4.78 is 4.58. The second kappa shape index (κ2) is 3.89. The summed E-state index contributed by atoms with van der Waals surface area (Å²) in [6.07, 6.45) is 0. The van der Waals surface area contributed by atoms with Crippen molar-refractivity contribution in [2.45, 2.75) is 0 Å². The molecule has 0 aliphatic carbocycles. The Balaban J connectivity index is 2.65. The van der Waals surface area contributed by atoms with Crippen LogP contribution in [0.4, 0.5) is 0 Å². The average molecular weight is 244 g/mol. The van der Waals surface area contributed by atoms with Crippen LogP contribution in [0.2, 0.25) is 0 Å². The van der Waals surface area contributed by atoms with Crippen molar-refractivity contribution >= 4 is 0 Å². The fraction of sp³-hybridized carbons (Fsp3) is 0. The van der Waals surface area contributed by atoms with E-state index in [-0.39, 0.29) is 0 Å². The molecular formula is N2O2W. The van der Waals surface area contributed by atoms with E-state index in [4.69, 9.17) is 9.81 Å². The van der Waals surface area contributed by atoms with E-state index in [1.165, 1.54) is 0 Å². The summed E-state index contributed by atoms with van der Waals surface area (Å²) in [4.78, 5) is 17.9. The molecule has 0 amide bonds. The molecule has 0 aromatic rings. The predicted molar refractivity (Wildman–Crippen MR) is 11.6 cm³/mol. The van der Waals surface area contributed by atoms with Gasteiger partial charge in [-0.1, -0.05) is 0 Å². The van der Waals surface area contributed by atoms with Crippen molar-refractivity contribution in [3.63, 3.8) is 0 Å². The van der Waals surface area contributed by atoms with Crippen LogP contribution in [0.3, 0.4) is 0 Å². The van der Waals surface area contributed by atoms with Crippen LogP contribution >= 0.6 is 0 Å². The topological polar surface area (TPSA) is 58.9 Å². The Hall–Kier alpha value is -0.112. The SMILES string of the molecule is O=[N][W][N]=O. The zero-order valence-electron chi connectivity index (χ0n) is 2.12. The summed E-state index contributed by atoms with van der Waals surface area (Å²) in [7, 11) is 0. The maximum atomic E-state index is 8.94. The quantitative estimate of drug-likeness (QED) is 0.661. The second-order valence-corrected chi connectivity index (χ2v) is 1.89. The summed E-state index contributed by atoms with van der Waals surface area (Å²) in [5, 5.41) is 0. The standard InChI is InChI=1S/2NO.W/c2*1-2;/q2*-1;+2. The predicted octanol–water partition coefficient (Wildman–Crippen LogP) is 0.432. The first-order valence-electron chi connectivity index (χ1n) is 0.730. The first-order chi connectivity index (χ1) is 2.41. The molecule has 0 aromatic heterocycles. The van der Waals surface area contributed by atoms with Gasteiger partial charge in [-0.05, 0) is 0 Å². The van der Waals surface area contributed by atoms with Gasteiger partial charge in [-0.3, -0.25) is 0 Å². The molecule has 0 atom stereocenters. The summed E-state index contributed by atoms with van der Waals surface area (Å²) in [6, 6.07) is 0. The van der Waals surface area contributed by atoms with Crippen LogP contribution in [-0.2, 0) is 19.1 Å². The molecule has 0 aromatic carbocycles. The Bertz CT molecular complexity index is 36.9. The van der Waals surface area contributed by atoms with E-state index in [1.54, 1.807) is 0 Å². The third-order valence-electron chi connectivity index (χ3n) is 0.0667. The third kappa shape index (κ3) is 3.89. The number of nitrogens with zero attached hydrogens (tertiary/aromatic N) is 2. The summed E-state index contributed by atoms with van der Waals surface area (Å²) >= 11 is -1.62. The Morgan fingerprint density at radius 1 is 1.20 bits per heavy atom. The van der Waals surface area contributed by atoms with Gasteiger partial charge in [0.25, 0.3) is 0 Å². The van der Waals surface area contributed by atoms with Gasteiger partial charge in [-0.25, -0.2) is 0 Å². The molecule has 0 radical (unpaired) electrons. The van der Waals surface area contributed by atoms with E-state index in [2.05, 4.69) is 7.47 Å². The van der Waals surface area contributed by atoms with Crippen molar-refractivity contribution in [2.24, 2.45) is 7.47 Å². The molecular weight excluding hydrogens is 244 g/mol. The van der Waals surface area contributed by atoms with Crippen LogP contribution in [0.15, 0.2) is 7.47 Å². The molecule has 5 heteroatoms. The first-order valence-corrected chi connectivity index (χ1v) is 3.35. The molecule has 28 valence electrons. The molecule has 0 aliphatic rings. The molecule has 0 rings (SSSR count). The van der Waals surface area contributed by atoms with Crippen molar-refractivity contribution in [2.75, 3.05) is 0 Å². The van der Waals surface area contributed by atoms with E-state index in [0.717, 1.165) is 0 Å². The molecule has 5 heavy (non-hydrogen) atoms. The molecule has 0 saturated carbocycles. The van der Waals surface area contributed by atoms with Crippen LogP contribution in [0.1, 0.15) is 0 Å². The summed E-state index contributed by atoms with van der Waals surface area (Å²) in [5.74, 6) is 0. The Morgan fingerprint density at radius 2 is 1.60 bits per heavy atom. The van der Waals surface area contributed by atoms with Gasteiger partial charge >= 0.3 is 36.3 Å². The zero-order chi connectivity index (χ0) is 4.12. The van der Waals surface area contributed by atoms with Crippen molar-refractivity contribution in [3.05, 3.63) is 9.81 Å². The van der Waals surface area contributed by atoms with Gasteiger partial charge in [-0.15, -0.1) is 0 Å². The third-order valence-corrected chi connectivity index (χ3v) is 0.546. The monoisotopic (exact) mass is 244 g/mol. The minimum atomic E-state index is -1.62. The first kappa shape index (κ1) is 4.89. The van der Waals surface area contributed by atoms with Crippen LogP contribution in [0, 0.1) is 9.81 Å². The number of hydrogen-bond acceptors (Lipinski definition) is 4. The van der Waals surface area contributed by atoms with E-state index in [9.17, 15) is 0 Å². The van der Waals surface area contributed by atoms with Crippen LogP contribution in [0.25, 0.3) is 0 Å². The molecule has 0 saturated heterocycles. The van der Waals surface area contributed by atoms with Gasteiger partial charge in [0.1, 0.15) is 0 Å². The normalized spacial score (nSPS) is 6.40. The van der Waals surface area contributed by atoms with E-state index >= 15 is 0 Å². The van der Waals surface area contributed by atoms with E-state index in [0.29, 0.717) is 0 Å². The van der Waals surface area contributed by atoms with E-state index in [1.807, 2.05) is 0 Å². The van der Waals surface area contributed by atoms with Crippen LogP contribution in [-0.4, -0.2) is 0 Å². The molecule has 0 fully saturated rings. The average Bonchev–Trinajstić information content (AvgIpc) is 1.41. The van der Waals surface area contributed by atoms with Gasteiger partial charge < -0.3 is 0 Å². The Kier molecular flexibility index (Phi) is 3.80. The van der Waals surface area contributed by atoms with Crippen molar-refractivity contribution in [1.82, 2.24) is 0 Å². The summed E-state index contributed by atoms with van der Waals surface area (Å²) in [6.45, 7) is 0. The van der Waals surface area contributed by atoms with Gasteiger partial charge in [0.05, 0.1) is 0 Å². The zero-order valence-corrected chi connectivity index (χ0v) is 5.05. The van der Waals surface area contributed by atoms with Gasteiger partial charge in [0.15, 0.2) is 0 Å². The van der Waals surface area contributed by atoms with Gasteiger partial charge in [0, 0.05) is 0 Å². The fourth-order valence-electron chi connectivity index (χ4n) is 0.0136. The van der Waals surface area contributed by atoms with Crippen LogP contribution < -0.4 is 0 Å². The summed E-state index contributed by atoms with van der Waals surface area (Å²) in [5.41, 5.74) is 0. The van der Waals surface area contributed by atoms with E-state index < -0.39 is 19.1 Å². The second-order valence-electron chi connectivity index (χ2n) is 0.231. The Labute approximate surface area is 37.0 Å². The number of rotatable bonds is 2. The van der Waals surface area contributed by atoms with Crippen molar-refractivity contribution in [1.29, 1.82) is 0 Å². The molecule has 0 unspecified atom stereocenters. The fourth-order valence-corrected chi connectivity index (χ4v) is 0.111. The maximum absolute atomic E-state index is 8.94. The number of hydrogen-bond donors (Lipinski definition) is 0. The minimum absolute atomic E-state index is 1.62. The molecule has 0 spiro atoms. The van der Waals surface area contributed by atoms with Gasteiger partial charge in [0.2, 0.25) is 0 Å². The molecule has 0 bridgehead atoms. The van der Waals surface area contributed by atoms with Gasteiger partial charge in [-0.2, -0.15) is 0 Å². The van der Waals surface area contributed by atoms with Crippen molar-refractivity contribution in [3.8, 4) is 0 Å². The molecule has 0 N–H and O–H groups in total. The Morgan fingerprint density at radius 3 is 1.60 bits per heavy atom. The van der Waals surface area contributed by atoms with Crippen LogP contribution in [0.5, 0.6) is 0 Å². The number of nitroso groups, excluding NO2 is 2. The molecule has 0 heterocycles. The molecule has 0 aliphatic heterocycles. The van der Waals surface area contributed by atoms with Crippen molar-refractivity contribution < 1.29 is 19.1 Å².